The van der Waals surface area contributed by atoms with E-state index in [0.717, 1.165) is 5.56 Å². The summed E-state index contributed by atoms with van der Waals surface area (Å²) >= 11 is 5.88. The fourth-order valence-electron chi connectivity index (χ4n) is 1.95. The average Bonchev–Trinajstić information content (AvgIpc) is 2.50. The normalized spacial score (nSPS) is 9.88. The van der Waals surface area contributed by atoms with E-state index < -0.39 is 10.8 Å². The Hall–Kier alpha value is -3.11. The highest BCUT2D eigenvalue weighted by Gasteiger charge is 2.13. The molecule has 0 aliphatic carbocycles. The van der Waals surface area contributed by atoms with E-state index in [1.807, 2.05) is 0 Å². The van der Waals surface area contributed by atoms with Crippen molar-refractivity contribution in [1.29, 1.82) is 5.26 Å². The molecule has 0 bridgehead atoms. The molecule has 0 aliphatic rings. The van der Waals surface area contributed by atoms with Crippen molar-refractivity contribution in [3.63, 3.8) is 0 Å². The van der Waals surface area contributed by atoms with Crippen molar-refractivity contribution < 1.29 is 14.5 Å². The Balaban J connectivity index is 2.34. The lowest BCUT2D eigenvalue weighted by Gasteiger charge is -2.11. The van der Waals surface area contributed by atoms with Crippen LogP contribution in [-0.2, 0) is 4.79 Å². The van der Waals surface area contributed by atoms with Crippen molar-refractivity contribution in [3.05, 3.63) is 57.1 Å². The smallest absolute Gasteiger partial charge is 0.275 e. The van der Waals surface area contributed by atoms with Crippen LogP contribution < -0.4 is 10.1 Å². The summed E-state index contributed by atoms with van der Waals surface area (Å²) < 4.78 is 5.66. The summed E-state index contributed by atoms with van der Waals surface area (Å²) in [7, 11) is 0. The molecular formula is C16H12ClN3O4. The van der Waals surface area contributed by atoms with Gasteiger partial charge in [0.2, 0.25) is 5.91 Å². The molecule has 122 valence electrons. The molecule has 0 radical (unpaired) electrons. The summed E-state index contributed by atoms with van der Waals surface area (Å²) in [5, 5.41) is 22.5. The van der Waals surface area contributed by atoms with Gasteiger partial charge in [-0.2, -0.15) is 5.26 Å². The Morgan fingerprint density at radius 3 is 2.75 bits per heavy atom. The van der Waals surface area contributed by atoms with Crippen LogP contribution in [0, 0.1) is 28.4 Å². The summed E-state index contributed by atoms with van der Waals surface area (Å²) in [6, 6.07) is 10.6. The van der Waals surface area contributed by atoms with Gasteiger partial charge in [0.05, 0.1) is 22.7 Å². The van der Waals surface area contributed by atoms with Crippen LogP contribution in [0.2, 0.25) is 5.02 Å². The third kappa shape index (κ3) is 4.44. The number of aryl methyl sites for hydroxylation is 1. The number of amides is 1. The fourth-order valence-corrected chi connectivity index (χ4v) is 2.18. The Bertz CT molecular complexity index is 846. The molecule has 8 heteroatoms. The number of nitrogens with zero attached hydrogens (tertiary/aromatic N) is 2. The number of benzene rings is 2. The maximum Gasteiger partial charge on any atom is 0.275 e. The van der Waals surface area contributed by atoms with Crippen molar-refractivity contribution in [2.75, 3.05) is 5.32 Å². The summed E-state index contributed by atoms with van der Waals surface area (Å²) in [4.78, 5) is 21.9. The Labute approximate surface area is 142 Å². The molecule has 0 unspecified atom stereocenters. The van der Waals surface area contributed by atoms with Crippen molar-refractivity contribution >= 4 is 28.9 Å². The standard InChI is InChI=1S/C16H12ClN3O4/c1-10-6-11(17)2-3-15(10)24-14-8-12(19-16(21)4-5-18)7-13(9-14)20(22)23/h2-3,6-9H,4H2,1H3,(H,19,21). The molecule has 0 aliphatic heterocycles. The van der Waals surface area contributed by atoms with Crippen LogP contribution in [0.5, 0.6) is 11.5 Å². The lowest BCUT2D eigenvalue weighted by atomic mass is 10.2. The number of non-ortho nitro benzene ring substituents is 1. The zero-order valence-electron chi connectivity index (χ0n) is 12.6. The number of halogens is 1. The van der Waals surface area contributed by atoms with Gasteiger partial charge in [-0.15, -0.1) is 0 Å². The summed E-state index contributed by atoms with van der Waals surface area (Å²) in [6.45, 7) is 1.79. The molecule has 2 aromatic rings. The van der Waals surface area contributed by atoms with Crippen LogP contribution in [0.1, 0.15) is 12.0 Å². The third-order valence-corrected chi connectivity index (χ3v) is 3.23. The number of hydrogen-bond donors (Lipinski definition) is 1. The van der Waals surface area contributed by atoms with E-state index in [2.05, 4.69) is 5.32 Å². The van der Waals surface area contributed by atoms with E-state index >= 15 is 0 Å². The Kier molecular flexibility index (Phi) is 5.35. The first-order chi connectivity index (χ1) is 11.4. The van der Waals surface area contributed by atoms with E-state index in [1.165, 1.54) is 18.2 Å². The van der Waals surface area contributed by atoms with Gasteiger partial charge in [0.15, 0.2) is 0 Å². The van der Waals surface area contributed by atoms with Gasteiger partial charge in [-0.1, -0.05) is 11.6 Å². The minimum Gasteiger partial charge on any atom is -0.457 e. The summed E-state index contributed by atoms with van der Waals surface area (Å²) in [5.41, 5.74) is 0.682. The van der Waals surface area contributed by atoms with E-state index in [0.29, 0.717) is 10.8 Å². The lowest BCUT2D eigenvalue weighted by Crippen LogP contribution is -2.10. The number of nitriles is 1. The van der Waals surface area contributed by atoms with Gasteiger partial charge in [0.25, 0.3) is 5.69 Å². The van der Waals surface area contributed by atoms with Crippen LogP contribution in [0.3, 0.4) is 0 Å². The van der Waals surface area contributed by atoms with Crippen molar-refractivity contribution in [2.45, 2.75) is 13.3 Å². The number of rotatable bonds is 5. The predicted octanol–water partition coefficient (Wildman–Crippen LogP) is 4.20. The predicted molar refractivity (Wildman–Crippen MR) is 88.2 cm³/mol. The van der Waals surface area contributed by atoms with Gasteiger partial charge in [0.1, 0.15) is 17.9 Å². The van der Waals surface area contributed by atoms with Crippen molar-refractivity contribution in [1.82, 2.24) is 0 Å². The molecule has 24 heavy (non-hydrogen) atoms. The topological polar surface area (TPSA) is 105 Å². The van der Waals surface area contributed by atoms with Gasteiger partial charge in [0, 0.05) is 17.2 Å². The minimum absolute atomic E-state index is 0.172. The van der Waals surface area contributed by atoms with Gasteiger partial charge in [-0.05, 0) is 30.7 Å². The van der Waals surface area contributed by atoms with E-state index in [1.54, 1.807) is 31.2 Å². The Morgan fingerprint density at radius 1 is 1.38 bits per heavy atom. The Morgan fingerprint density at radius 2 is 2.12 bits per heavy atom. The first kappa shape index (κ1) is 17.2. The molecule has 0 aromatic heterocycles. The monoisotopic (exact) mass is 345 g/mol. The number of carbonyl (C=O) groups is 1. The largest absolute Gasteiger partial charge is 0.457 e. The lowest BCUT2D eigenvalue weighted by molar-refractivity contribution is -0.384. The second-order valence-electron chi connectivity index (χ2n) is 4.87. The van der Waals surface area contributed by atoms with Crippen LogP contribution in [0.4, 0.5) is 11.4 Å². The molecule has 0 spiro atoms. The first-order valence-electron chi connectivity index (χ1n) is 6.79. The van der Waals surface area contributed by atoms with Gasteiger partial charge in [-0.25, -0.2) is 0 Å². The highest BCUT2D eigenvalue weighted by Crippen LogP contribution is 2.32. The number of nitrogens with one attached hydrogen (secondary N) is 1. The summed E-state index contributed by atoms with van der Waals surface area (Å²) in [6.07, 6.45) is -0.352. The maximum absolute atomic E-state index is 11.5. The van der Waals surface area contributed by atoms with Gasteiger partial charge < -0.3 is 10.1 Å². The van der Waals surface area contributed by atoms with E-state index in [9.17, 15) is 14.9 Å². The quantitative estimate of drug-likeness (QED) is 0.645. The zero-order valence-corrected chi connectivity index (χ0v) is 13.3. The molecule has 7 nitrogen and oxygen atoms in total. The maximum atomic E-state index is 11.5. The van der Waals surface area contributed by atoms with Crippen LogP contribution in [0.25, 0.3) is 0 Å². The van der Waals surface area contributed by atoms with Crippen LogP contribution in [0.15, 0.2) is 36.4 Å². The van der Waals surface area contributed by atoms with Crippen LogP contribution >= 0.6 is 11.6 Å². The highest BCUT2D eigenvalue weighted by atomic mass is 35.5. The van der Waals surface area contributed by atoms with Gasteiger partial charge in [-0.3, -0.25) is 14.9 Å². The average molecular weight is 346 g/mol. The number of hydrogen-bond acceptors (Lipinski definition) is 5. The molecule has 0 fully saturated rings. The number of anilines is 1. The van der Waals surface area contributed by atoms with Crippen molar-refractivity contribution in [2.24, 2.45) is 0 Å². The molecule has 2 aromatic carbocycles. The SMILES string of the molecule is Cc1cc(Cl)ccc1Oc1cc(NC(=O)CC#N)cc([N+](=O)[O-])c1. The number of nitro groups is 1. The zero-order chi connectivity index (χ0) is 17.7. The second-order valence-corrected chi connectivity index (χ2v) is 5.30. The third-order valence-electron chi connectivity index (χ3n) is 2.99. The second kappa shape index (κ2) is 7.44. The molecule has 0 saturated heterocycles. The van der Waals surface area contributed by atoms with Crippen LogP contribution in [-0.4, -0.2) is 10.8 Å². The number of ether oxygens (including phenoxy) is 1. The molecule has 1 N–H and O–H groups in total. The molecule has 0 saturated carbocycles. The number of nitro benzene ring substituents is 1. The van der Waals surface area contributed by atoms with E-state index in [-0.39, 0.29) is 23.5 Å². The van der Waals surface area contributed by atoms with Crippen molar-refractivity contribution in [3.8, 4) is 17.6 Å². The molecule has 2 rings (SSSR count). The first-order valence-corrected chi connectivity index (χ1v) is 7.17. The summed E-state index contributed by atoms with van der Waals surface area (Å²) in [5.74, 6) is 0.0997. The number of carbonyl (C=O) groups excluding carboxylic acids is 1. The van der Waals surface area contributed by atoms with Gasteiger partial charge >= 0.3 is 0 Å². The minimum atomic E-state index is -0.596. The molecule has 0 heterocycles. The highest BCUT2D eigenvalue weighted by molar-refractivity contribution is 6.30. The molecule has 1 amide bonds. The molecular weight excluding hydrogens is 334 g/mol. The van der Waals surface area contributed by atoms with E-state index in [4.69, 9.17) is 21.6 Å². The fraction of sp³-hybridized carbons (Fsp3) is 0.125. The molecule has 0 atom stereocenters.